The summed E-state index contributed by atoms with van der Waals surface area (Å²) in [4.78, 5) is 12.3. The van der Waals surface area contributed by atoms with Gasteiger partial charge in [0, 0.05) is 11.6 Å². The van der Waals surface area contributed by atoms with E-state index in [1.165, 1.54) is 0 Å². The number of rotatable bonds is 7. The number of hydrogen-bond acceptors (Lipinski definition) is 3. The van der Waals surface area contributed by atoms with E-state index >= 15 is 0 Å². The zero-order valence-electron chi connectivity index (χ0n) is 13.2. The molecule has 1 rings (SSSR count). The van der Waals surface area contributed by atoms with Crippen molar-refractivity contribution in [3.63, 3.8) is 0 Å². The molecule has 1 aromatic carbocycles. The van der Waals surface area contributed by atoms with Crippen LogP contribution in [0.5, 0.6) is 0 Å². The largest absolute Gasteiger partial charge is 0.497 e. The molecule has 136 valence electrons. The summed E-state index contributed by atoms with van der Waals surface area (Å²) in [5.74, 6) is -2.12. The molecule has 0 saturated carbocycles. The average molecular weight is 386 g/mol. The number of sulfone groups is 1. The van der Waals surface area contributed by atoms with Crippen LogP contribution in [0, 0.1) is 5.92 Å². The van der Waals surface area contributed by atoms with Gasteiger partial charge in [-0.1, -0.05) is 37.6 Å². The first-order chi connectivity index (χ1) is 10.9. The van der Waals surface area contributed by atoms with E-state index in [0.717, 1.165) is 0 Å². The summed E-state index contributed by atoms with van der Waals surface area (Å²) >= 11 is 5.80. The Morgan fingerprint density at radius 3 is 2.21 bits per heavy atom. The number of nitrogens with one attached hydrogen (secondary N) is 1. The van der Waals surface area contributed by atoms with Gasteiger partial charge < -0.3 is 5.32 Å². The molecule has 0 aliphatic carbocycles. The SMILES string of the molecule is CC(C)CC(C(=O)NCCS(=O)(=O)C(F)(F)F)c1ccc(Cl)cc1. The van der Waals surface area contributed by atoms with Crippen LogP contribution in [0.4, 0.5) is 13.2 Å². The van der Waals surface area contributed by atoms with Crippen LogP contribution in [0.1, 0.15) is 31.7 Å². The van der Waals surface area contributed by atoms with Gasteiger partial charge in [0.1, 0.15) is 0 Å². The van der Waals surface area contributed by atoms with Gasteiger partial charge in [-0.25, -0.2) is 8.42 Å². The lowest BCUT2D eigenvalue weighted by Crippen LogP contribution is -2.36. The predicted octanol–water partition coefficient (Wildman–Crippen LogP) is 3.52. The number of benzene rings is 1. The Morgan fingerprint density at radius 2 is 1.75 bits per heavy atom. The standard InChI is InChI=1S/C15H19ClF3NO3S/c1-10(2)9-13(11-3-5-12(16)6-4-11)14(21)20-7-8-24(22,23)15(17,18)19/h3-6,10,13H,7-9H2,1-2H3,(H,20,21). The Morgan fingerprint density at radius 1 is 1.21 bits per heavy atom. The maximum Gasteiger partial charge on any atom is 0.497 e. The van der Waals surface area contributed by atoms with E-state index in [9.17, 15) is 26.4 Å². The second-order valence-electron chi connectivity index (χ2n) is 5.79. The maximum atomic E-state index is 12.3. The third kappa shape index (κ3) is 5.98. The second-order valence-corrected chi connectivity index (χ2v) is 8.33. The van der Waals surface area contributed by atoms with Gasteiger partial charge in [-0.2, -0.15) is 13.2 Å². The highest BCUT2D eigenvalue weighted by molar-refractivity contribution is 7.92. The molecule has 1 N–H and O–H groups in total. The van der Waals surface area contributed by atoms with Crippen molar-refractivity contribution in [3.8, 4) is 0 Å². The molecule has 0 aromatic heterocycles. The molecule has 0 radical (unpaired) electrons. The molecule has 0 aliphatic rings. The molecular weight excluding hydrogens is 367 g/mol. The number of alkyl halides is 3. The molecule has 1 atom stereocenters. The Kier molecular flexibility index (Phi) is 7.10. The van der Waals surface area contributed by atoms with Crippen LogP contribution in [0.15, 0.2) is 24.3 Å². The minimum Gasteiger partial charge on any atom is -0.355 e. The van der Waals surface area contributed by atoms with Gasteiger partial charge in [0.2, 0.25) is 15.7 Å². The highest BCUT2D eigenvalue weighted by Crippen LogP contribution is 2.26. The zero-order valence-corrected chi connectivity index (χ0v) is 14.8. The lowest BCUT2D eigenvalue weighted by molar-refractivity contribution is -0.122. The van der Waals surface area contributed by atoms with Gasteiger partial charge in [0.05, 0.1) is 11.7 Å². The first-order valence-corrected chi connectivity index (χ1v) is 9.29. The Labute approximate surface area is 144 Å². The van der Waals surface area contributed by atoms with Crippen LogP contribution in [-0.4, -0.2) is 32.1 Å². The smallest absolute Gasteiger partial charge is 0.355 e. The second kappa shape index (κ2) is 8.20. The molecule has 24 heavy (non-hydrogen) atoms. The summed E-state index contributed by atoms with van der Waals surface area (Å²) in [5.41, 5.74) is -4.64. The number of halogens is 4. The van der Waals surface area contributed by atoms with E-state index < -0.39 is 39.5 Å². The molecule has 4 nitrogen and oxygen atoms in total. The normalized spacial score (nSPS) is 13.8. The zero-order chi connectivity index (χ0) is 18.5. The van der Waals surface area contributed by atoms with Crippen molar-refractivity contribution in [2.75, 3.05) is 12.3 Å². The van der Waals surface area contributed by atoms with E-state index in [2.05, 4.69) is 5.32 Å². The van der Waals surface area contributed by atoms with Crippen LogP contribution in [0.2, 0.25) is 5.02 Å². The van der Waals surface area contributed by atoms with Crippen LogP contribution >= 0.6 is 11.6 Å². The predicted molar refractivity (Wildman–Crippen MR) is 86.5 cm³/mol. The quantitative estimate of drug-likeness (QED) is 0.781. The first-order valence-electron chi connectivity index (χ1n) is 7.26. The van der Waals surface area contributed by atoms with Gasteiger partial charge in [-0.05, 0) is 30.0 Å². The minimum atomic E-state index is -5.31. The minimum absolute atomic E-state index is 0.162. The van der Waals surface area contributed by atoms with E-state index in [1.54, 1.807) is 24.3 Å². The van der Waals surface area contributed by atoms with Gasteiger partial charge in [0.25, 0.3) is 0 Å². The molecule has 0 bridgehead atoms. The fourth-order valence-electron chi connectivity index (χ4n) is 2.11. The third-order valence-corrected chi connectivity index (χ3v) is 5.02. The Balaban J connectivity index is 2.78. The molecule has 1 unspecified atom stereocenters. The van der Waals surface area contributed by atoms with Gasteiger partial charge in [0.15, 0.2) is 0 Å². The summed E-state index contributed by atoms with van der Waals surface area (Å²) in [6, 6.07) is 6.57. The molecule has 0 aliphatic heterocycles. The molecule has 0 saturated heterocycles. The number of amides is 1. The number of hydrogen-bond donors (Lipinski definition) is 1. The fraction of sp³-hybridized carbons (Fsp3) is 0.533. The molecule has 0 spiro atoms. The fourth-order valence-corrected chi connectivity index (χ4v) is 2.84. The van der Waals surface area contributed by atoms with Crippen molar-refractivity contribution in [2.24, 2.45) is 5.92 Å². The molecule has 0 fully saturated rings. The van der Waals surface area contributed by atoms with Crippen molar-refractivity contribution in [2.45, 2.75) is 31.7 Å². The van der Waals surface area contributed by atoms with Crippen molar-refractivity contribution in [3.05, 3.63) is 34.9 Å². The highest BCUT2D eigenvalue weighted by atomic mass is 35.5. The number of carbonyl (C=O) groups excluding carboxylic acids is 1. The first kappa shape index (κ1) is 20.8. The van der Waals surface area contributed by atoms with Crippen molar-refractivity contribution in [1.82, 2.24) is 5.32 Å². The van der Waals surface area contributed by atoms with E-state index in [4.69, 9.17) is 11.6 Å². The topological polar surface area (TPSA) is 63.2 Å². The lowest BCUT2D eigenvalue weighted by atomic mass is 9.89. The third-order valence-electron chi connectivity index (χ3n) is 3.32. The highest BCUT2D eigenvalue weighted by Gasteiger charge is 2.44. The molecule has 1 amide bonds. The summed E-state index contributed by atoms with van der Waals surface area (Å²) in [6.07, 6.45) is 0.472. The molecule has 1 aromatic rings. The molecule has 9 heteroatoms. The van der Waals surface area contributed by atoms with Crippen molar-refractivity contribution < 1.29 is 26.4 Å². The monoisotopic (exact) mass is 385 g/mol. The summed E-state index contributed by atoms with van der Waals surface area (Å²) in [7, 11) is -5.24. The van der Waals surface area contributed by atoms with Gasteiger partial charge in [-0.15, -0.1) is 0 Å². The van der Waals surface area contributed by atoms with E-state index in [0.29, 0.717) is 17.0 Å². The van der Waals surface area contributed by atoms with Crippen LogP contribution < -0.4 is 5.32 Å². The average Bonchev–Trinajstić information content (AvgIpc) is 2.44. The van der Waals surface area contributed by atoms with Crippen LogP contribution in [0.25, 0.3) is 0 Å². The Bertz CT molecular complexity index is 658. The summed E-state index contributed by atoms with van der Waals surface area (Å²) in [5, 5.41) is 2.78. The van der Waals surface area contributed by atoms with Crippen LogP contribution in [0.3, 0.4) is 0 Å². The summed E-state index contributed by atoms with van der Waals surface area (Å²) < 4.78 is 58.8. The van der Waals surface area contributed by atoms with Gasteiger partial charge >= 0.3 is 5.51 Å². The maximum absolute atomic E-state index is 12.3. The number of carbonyl (C=O) groups is 1. The van der Waals surface area contributed by atoms with Crippen LogP contribution in [-0.2, 0) is 14.6 Å². The Hall–Kier alpha value is -1.28. The van der Waals surface area contributed by atoms with E-state index in [1.807, 2.05) is 13.8 Å². The summed E-state index contributed by atoms with van der Waals surface area (Å²) in [6.45, 7) is 3.22. The van der Waals surface area contributed by atoms with Crippen molar-refractivity contribution >= 4 is 27.3 Å². The molecule has 0 heterocycles. The van der Waals surface area contributed by atoms with Crippen molar-refractivity contribution in [1.29, 1.82) is 0 Å². The lowest BCUT2D eigenvalue weighted by Gasteiger charge is -2.19. The van der Waals surface area contributed by atoms with Gasteiger partial charge in [-0.3, -0.25) is 4.79 Å². The van der Waals surface area contributed by atoms with E-state index in [-0.39, 0.29) is 5.92 Å². The molecular formula is C15H19ClF3NO3S.